The van der Waals surface area contributed by atoms with E-state index in [-0.39, 0.29) is 0 Å². The summed E-state index contributed by atoms with van der Waals surface area (Å²) >= 11 is 0. The number of aryl methyl sites for hydroxylation is 1. The lowest BCUT2D eigenvalue weighted by molar-refractivity contribution is 0.480. The normalized spacial score (nSPS) is 11.2. The number of benzene rings is 1. The van der Waals surface area contributed by atoms with Crippen molar-refractivity contribution in [1.29, 1.82) is 0 Å². The number of aliphatic imine (C=N–C) groups is 1. The minimum Gasteiger partial charge on any atom is -0.353 e. The van der Waals surface area contributed by atoms with Gasteiger partial charge in [0, 0.05) is 27.2 Å². The number of nitrogens with one attached hydrogen (secondary N) is 1. The van der Waals surface area contributed by atoms with Gasteiger partial charge in [0.1, 0.15) is 0 Å². The standard InChI is InChI=1S/C15H23N3/c1-5-11-17-15(16-3)18(4)12-14-9-7-13(6-2)8-10-14/h5,7-10H,1,6,11-12H2,2-4H3,(H,16,17). The highest BCUT2D eigenvalue weighted by Gasteiger charge is 2.05. The Bertz CT molecular complexity index is 393. The first-order chi connectivity index (χ1) is 8.71. The first kappa shape index (κ1) is 14.3. The maximum Gasteiger partial charge on any atom is 0.193 e. The minimum absolute atomic E-state index is 0.728. The van der Waals surface area contributed by atoms with Gasteiger partial charge in [-0.1, -0.05) is 37.3 Å². The summed E-state index contributed by atoms with van der Waals surface area (Å²) in [5, 5.41) is 3.22. The van der Waals surface area contributed by atoms with Crippen molar-refractivity contribution in [2.75, 3.05) is 20.6 Å². The molecule has 0 spiro atoms. The van der Waals surface area contributed by atoms with E-state index in [1.165, 1.54) is 11.1 Å². The van der Waals surface area contributed by atoms with Crippen LogP contribution < -0.4 is 5.32 Å². The maximum absolute atomic E-state index is 4.24. The molecule has 0 amide bonds. The lowest BCUT2D eigenvalue weighted by Crippen LogP contribution is -2.38. The molecule has 1 N–H and O–H groups in total. The quantitative estimate of drug-likeness (QED) is 0.490. The molecule has 3 nitrogen and oxygen atoms in total. The third kappa shape index (κ3) is 4.24. The van der Waals surface area contributed by atoms with Gasteiger partial charge in [0.15, 0.2) is 5.96 Å². The van der Waals surface area contributed by atoms with Crippen LogP contribution in [0.2, 0.25) is 0 Å². The monoisotopic (exact) mass is 245 g/mol. The van der Waals surface area contributed by atoms with Gasteiger partial charge >= 0.3 is 0 Å². The van der Waals surface area contributed by atoms with Crippen molar-refractivity contribution in [3.05, 3.63) is 48.0 Å². The molecule has 0 aliphatic heterocycles. The fourth-order valence-electron chi connectivity index (χ4n) is 1.78. The van der Waals surface area contributed by atoms with Crippen molar-refractivity contribution in [3.63, 3.8) is 0 Å². The minimum atomic E-state index is 0.728. The molecule has 0 fully saturated rings. The molecule has 0 bridgehead atoms. The molecule has 0 aliphatic rings. The Labute approximate surface area is 110 Å². The van der Waals surface area contributed by atoms with E-state index in [0.717, 1.165) is 25.5 Å². The van der Waals surface area contributed by atoms with Crippen LogP contribution in [0.5, 0.6) is 0 Å². The largest absolute Gasteiger partial charge is 0.353 e. The molecule has 0 radical (unpaired) electrons. The smallest absolute Gasteiger partial charge is 0.193 e. The second kappa shape index (κ2) is 7.54. The summed E-state index contributed by atoms with van der Waals surface area (Å²) in [6.07, 6.45) is 2.91. The molecular formula is C15H23N3. The molecule has 1 rings (SSSR count). The Kier molecular flexibility index (Phi) is 5.98. The van der Waals surface area contributed by atoms with Gasteiger partial charge in [-0.25, -0.2) is 0 Å². The number of nitrogens with zero attached hydrogens (tertiary/aromatic N) is 2. The third-order valence-corrected chi connectivity index (χ3v) is 2.83. The molecule has 0 aromatic heterocycles. The highest BCUT2D eigenvalue weighted by atomic mass is 15.3. The Morgan fingerprint density at radius 3 is 2.44 bits per heavy atom. The summed E-state index contributed by atoms with van der Waals surface area (Å²) in [5.41, 5.74) is 2.66. The average molecular weight is 245 g/mol. The van der Waals surface area contributed by atoms with Gasteiger partial charge in [0.05, 0.1) is 0 Å². The highest BCUT2D eigenvalue weighted by Crippen LogP contribution is 2.07. The van der Waals surface area contributed by atoms with Crippen molar-refractivity contribution in [1.82, 2.24) is 10.2 Å². The number of guanidine groups is 1. The van der Waals surface area contributed by atoms with E-state index in [0.29, 0.717) is 0 Å². The van der Waals surface area contributed by atoms with Gasteiger partial charge in [-0.2, -0.15) is 0 Å². The van der Waals surface area contributed by atoms with Crippen LogP contribution in [0, 0.1) is 0 Å². The molecular weight excluding hydrogens is 222 g/mol. The zero-order chi connectivity index (χ0) is 13.4. The Morgan fingerprint density at radius 1 is 1.33 bits per heavy atom. The van der Waals surface area contributed by atoms with E-state index in [9.17, 15) is 0 Å². The predicted octanol–water partition coefficient (Wildman–Crippen LogP) is 2.44. The van der Waals surface area contributed by atoms with Crippen LogP contribution in [0.4, 0.5) is 0 Å². The van der Waals surface area contributed by atoms with Crippen molar-refractivity contribution in [2.45, 2.75) is 19.9 Å². The molecule has 1 aromatic carbocycles. The summed E-state index contributed by atoms with van der Waals surface area (Å²) in [5.74, 6) is 0.884. The molecule has 18 heavy (non-hydrogen) atoms. The Hall–Kier alpha value is -1.77. The summed E-state index contributed by atoms with van der Waals surface area (Å²) in [6.45, 7) is 7.44. The van der Waals surface area contributed by atoms with Crippen LogP contribution in [0.25, 0.3) is 0 Å². The van der Waals surface area contributed by atoms with Gasteiger partial charge in [0.25, 0.3) is 0 Å². The summed E-state index contributed by atoms with van der Waals surface area (Å²) in [7, 11) is 3.83. The SMILES string of the molecule is C=CCNC(=NC)N(C)Cc1ccc(CC)cc1. The van der Waals surface area contributed by atoms with Gasteiger partial charge in [0.2, 0.25) is 0 Å². The third-order valence-electron chi connectivity index (χ3n) is 2.83. The molecule has 0 saturated heterocycles. The molecule has 1 aromatic rings. The van der Waals surface area contributed by atoms with Crippen LogP contribution in [0.3, 0.4) is 0 Å². The van der Waals surface area contributed by atoms with Crippen LogP contribution in [-0.2, 0) is 13.0 Å². The van der Waals surface area contributed by atoms with E-state index >= 15 is 0 Å². The zero-order valence-corrected chi connectivity index (χ0v) is 11.6. The number of hydrogen-bond acceptors (Lipinski definition) is 1. The van der Waals surface area contributed by atoms with Crippen LogP contribution in [0.1, 0.15) is 18.1 Å². The fourth-order valence-corrected chi connectivity index (χ4v) is 1.78. The molecule has 0 atom stereocenters. The Morgan fingerprint density at radius 2 is 1.94 bits per heavy atom. The first-order valence-corrected chi connectivity index (χ1v) is 6.31. The lowest BCUT2D eigenvalue weighted by Gasteiger charge is -2.21. The summed E-state index contributed by atoms with van der Waals surface area (Å²) in [4.78, 5) is 6.34. The van der Waals surface area contributed by atoms with Crippen molar-refractivity contribution >= 4 is 5.96 Å². The zero-order valence-electron chi connectivity index (χ0n) is 11.6. The summed E-state index contributed by atoms with van der Waals surface area (Å²) < 4.78 is 0. The second-order valence-corrected chi connectivity index (χ2v) is 4.24. The molecule has 3 heteroatoms. The molecule has 0 unspecified atom stereocenters. The topological polar surface area (TPSA) is 27.6 Å². The van der Waals surface area contributed by atoms with E-state index in [1.54, 1.807) is 7.05 Å². The van der Waals surface area contributed by atoms with E-state index < -0.39 is 0 Å². The molecule has 0 saturated carbocycles. The van der Waals surface area contributed by atoms with Gasteiger partial charge < -0.3 is 10.2 Å². The first-order valence-electron chi connectivity index (χ1n) is 6.31. The van der Waals surface area contributed by atoms with Gasteiger partial charge in [-0.3, -0.25) is 4.99 Å². The maximum atomic E-state index is 4.24. The molecule has 0 heterocycles. The summed E-state index contributed by atoms with van der Waals surface area (Å²) in [6, 6.07) is 8.72. The molecule has 0 aliphatic carbocycles. The van der Waals surface area contributed by atoms with E-state index in [4.69, 9.17) is 0 Å². The van der Waals surface area contributed by atoms with Crippen molar-refractivity contribution in [3.8, 4) is 0 Å². The predicted molar refractivity (Wildman–Crippen MR) is 78.8 cm³/mol. The van der Waals surface area contributed by atoms with Crippen LogP contribution in [-0.4, -0.2) is 31.5 Å². The fraction of sp³-hybridized carbons (Fsp3) is 0.400. The van der Waals surface area contributed by atoms with Gasteiger partial charge in [-0.05, 0) is 17.5 Å². The lowest BCUT2D eigenvalue weighted by atomic mass is 10.1. The average Bonchev–Trinajstić information content (AvgIpc) is 2.40. The number of hydrogen-bond donors (Lipinski definition) is 1. The van der Waals surface area contributed by atoms with Crippen molar-refractivity contribution < 1.29 is 0 Å². The van der Waals surface area contributed by atoms with Gasteiger partial charge in [-0.15, -0.1) is 6.58 Å². The highest BCUT2D eigenvalue weighted by molar-refractivity contribution is 5.79. The van der Waals surface area contributed by atoms with Crippen LogP contribution in [0.15, 0.2) is 41.9 Å². The van der Waals surface area contributed by atoms with E-state index in [1.807, 2.05) is 13.1 Å². The van der Waals surface area contributed by atoms with Crippen LogP contribution >= 0.6 is 0 Å². The number of rotatable bonds is 5. The Balaban J connectivity index is 2.61. The second-order valence-electron chi connectivity index (χ2n) is 4.24. The van der Waals surface area contributed by atoms with E-state index in [2.05, 4.69) is 53.0 Å². The van der Waals surface area contributed by atoms with Crippen molar-refractivity contribution in [2.24, 2.45) is 4.99 Å². The molecule has 98 valence electrons.